The van der Waals surface area contributed by atoms with Gasteiger partial charge in [0.05, 0.1) is 6.61 Å². The Morgan fingerprint density at radius 1 is 1.20 bits per heavy atom. The van der Waals surface area contributed by atoms with Crippen LogP contribution in [0.5, 0.6) is 5.75 Å². The number of rotatable bonds is 7. The predicted octanol–water partition coefficient (Wildman–Crippen LogP) is 2.31. The first-order chi connectivity index (χ1) is 9.40. The Morgan fingerprint density at radius 2 is 1.80 bits per heavy atom. The Kier molecular flexibility index (Phi) is 6.03. The second-order valence-corrected chi connectivity index (χ2v) is 5.09. The normalized spacial score (nSPS) is 12.0. The Hall–Kier alpha value is -2.04. The average molecular weight is 279 g/mol. The largest absolute Gasteiger partial charge is 0.494 e. The average Bonchev–Trinajstić information content (AvgIpc) is 2.38. The molecule has 1 rings (SSSR count). The van der Waals surface area contributed by atoms with E-state index in [0.717, 1.165) is 6.42 Å². The zero-order valence-corrected chi connectivity index (χ0v) is 12.1. The van der Waals surface area contributed by atoms with Crippen molar-refractivity contribution in [1.82, 2.24) is 5.32 Å². The first-order valence-corrected chi connectivity index (χ1v) is 6.66. The van der Waals surface area contributed by atoms with Crippen molar-refractivity contribution in [2.24, 2.45) is 5.92 Å². The summed E-state index contributed by atoms with van der Waals surface area (Å²) in [6.07, 6.45) is 0.971. The Balaban J connectivity index is 2.53. The van der Waals surface area contributed by atoms with Gasteiger partial charge in [-0.15, -0.1) is 0 Å². The molecule has 0 heterocycles. The molecule has 0 unspecified atom stereocenters. The fourth-order valence-electron chi connectivity index (χ4n) is 1.46. The van der Waals surface area contributed by atoms with Crippen LogP contribution in [-0.2, 0) is 4.79 Å². The number of carboxylic acids is 1. The van der Waals surface area contributed by atoms with Crippen molar-refractivity contribution in [1.29, 1.82) is 0 Å². The van der Waals surface area contributed by atoms with Gasteiger partial charge in [0.25, 0.3) is 5.91 Å². The summed E-state index contributed by atoms with van der Waals surface area (Å²) in [4.78, 5) is 22.4. The minimum Gasteiger partial charge on any atom is -0.494 e. The van der Waals surface area contributed by atoms with Crippen LogP contribution in [-0.4, -0.2) is 29.6 Å². The van der Waals surface area contributed by atoms with Crippen LogP contribution in [0, 0.1) is 5.92 Å². The molecule has 0 aliphatic carbocycles. The molecule has 0 saturated carbocycles. The molecule has 0 saturated heterocycles. The number of hydrogen-bond acceptors (Lipinski definition) is 3. The van der Waals surface area contributed by atoms with E-state index in [1.807, 2.05) is 0 Å². The van der Waals surface area contributed by atoms with E-state index in [-0.39, 0.29) is 0 Å². The van der Waals surface area contributed by atoms with Gasteiger partial charge in [0.1, 0.15) is 11.8 Å². The molecule has 0 aliphatic rings. The van der Waals surface area contributed by atoms with Crippen LogP contribution in [0.4, 0.5) is 0 Å². The number of nitrogens with one attached hydrogen (secondary N) is 1. The van der Waals surface area contributed by atoms with Crippen molar-refractivity contribution in [3.63, 3.8) is 0 Å². The van der Waals surface area contributed by atoms with E-state index >= 15 is 0 Å². The lowest BCUT2D eigenvalue weighted by Crippen LogP contribution is -2.38. The highest BCUT2D eigenvalue weighted by Gasteiger charge is 2.15. The van der Waals surface area contributed by atoms with Crippen molar-refractivity contribution in [2.75, 3.05) is 6.61 Å². The van der Waals surface area contributed by atoms with E-state index < -0.39 is 17.9 Å². The summed E-state index contributed by atoms with van der Waals surface area (Å²) in [5.41, 5.74) is 0.411. The third-order valence-corrected chi connectivity index (χ3v) is 2.80. The lowest BCUT2D eigenvalue weighted by atomic mass is 10.1. The summed E-state index contributed by atoms with van der Waals surface area (Å²) in [5, 5.41) is 11.1. The number of benzene rings is 1. The third-order valence-electron chi connectivity index (χ3n) is 2.80. The summed E-state index contributed by atoms with van der Waals surface area (Å²) in [6.45, 7) is 6.31. The van der Waals surface area contributed by atoms with Crippen LogP contribution in [0.1, 0.15) is 37.6 Å². The molecule has 5 heteroatoms. The fourth-order valence-corrected chi connectivity index (χ4v) is 1.46. The molecule has 1 atom stereocenters. The zero-order chi connectivity index (χ0) is 15.1. The maximum absolute atomic E-state index is 11.8. The molecule has 0 aliphatic heterocycles. The van der Waals surface area contributed by atoms with Gasteiger partial charge < -0.3 is 15.2 Å². The Morgan fingerprint density at radius 3 is 2.30 bits per heavy atom. The van der Waals surface area contributed by atoms with Crippen LogP contribution < -0.4 is 10.1 Å². The number of ether oxygens (including phenoxy) is 1. The molecule has 110 valence electrons. The van der Waals surface area contributed by atoms with Crippen LogP contribution in [0.3, 0.4) is 0 Å². The highest BCUT2D eigenvalue weighted by Crippen LogP contribution is 2.13. The fraction of sp³-hybridized carbons (Fsp3) is 0.467. The second-order valence-electron chi connectivity index (χ2n) is 5.09. The lowest BCUT2D eigenvalue weighted by Gasteiger charge is -2.10. The second kappa shape index (κ2) is 7.53. The van der Waals surface area contributed by atoms with Gasteiger partial charge in [-0.1, -0.05) is 13.8 Å². The molecule has 1 aromatic carbocycles. The number of carbonyl (C=O) groups is 2. The van der Waals surface area contributed by atoms with E-state index in [9.17, 15) is 9.59 Å². The van der Waals surface area contributed by atoms with E-state index in [4.69, 9.17) is 9.84 Å². The first-order valence-electron chi connectivity index (χ1n) is 6.66. The van der Waals surface area contributed by atoms with Crippen LogP contribution >= 0.6 is 0 Å². The van der Waals surface area contributed by atoms with Crippen molar-refractivity contribution in [3.8, 4) is 5.75 Å². The SMILES string of the molecule is CC(C)CCOc1ccc(C(=O)N[C@H](C)C(=O)O)cc1. The number of hydrogen-bond donors (Lipinski definition) is 2. The number of carbonyl (C=O) groups excluding carboxylic acids is 1. The van der Waals surface area contributed by atoms with Crippen LogP contribution in [0.25, 0.3) is 0 Å². The minimum absolute atomic E-state index is 0.409. The summed E-state index contributed by atoms with van der Waals surface area (Å²) in [5.74, 6) is -0.188. The van der Waals surface area contributed by atoms with Crippen molar-refractivity contribution in [2.45, 2.75) is 33.2 Å². The van der Waals surface area contributed by atoms with Crippen molar-refractivity contribution >= 4 is 11.9 Å². The van der Waals surface area contributed by atoms with Crippen molar-refractivity contribution < 1.29 is 19.4 Å². The number of aliphatic carboxylic acids is 1. The topological polar surface area (TPSA) is 75.6 Å². The van der Waals surface area contributed by atoms with Gasteiger partial charge in [0.2, 0.25) is 0 Å². The third kappa shape index (κ3) is 5.30. The number of carboxylic acid groups (broad SMARTS) is 1. The highest BCUT2D eigenvalue weighted by molar-refractivity contribution is 5.96. The van der Waals surface area contributed by atoms with Gasteiger partial charge in [-0.05, 0) is 43.5 Å². The lowest BCUT2D eigenvalue weighted by molar-refractivity contribution is -0.138. The summed E-state index contributed by atoms with van der Waals surface area (Å²) >= 11 is 0. The predicted molar refractivity (Wildman–Crippen MR) is 76.0 cm³/mol. The van der Waals surface area contributed by atoms with E-state index in [1.165, 1.54) is 6.92 Å². The molecular formula is C15H21NO4. The van der Waals surface area contributed by atoms with Gasteiger partial charge >= 0.3 is 5.97 Å². The number of amides is 1. The molecule has 0 fully saturated rings. The van der Waals surface area contributed by atoms with Gasteiger partial charge in [-0.3, -0.25) is 9.59 Å². The standard InChI is InChI=1S/C15H21NO4/c1-10(2)8-9-20-13-6-4-12(5-7-13)14(17)16-11(3)15(18)19/h4-7,10-11H,8-9H2,1-3H3,(H,16,17)(H,18,19)/t11-/m1/s1. The molecule has 0 spiro atoms. The van der Waals surface area contributed by atoms with E-state index in [0.29, 0.717) is 23.8 Å². The van der Waals surface area contributed by atoms with Gasteiger partial charge in [0, 0.05) is 5.56 Å². The van der Waals surface area contributed by atoms with Gasteiger partial charge in [-0.2, -0.15) is 0 Å². The van der Waals surface area contributed by atoms with Crippen LogP contribution in [0.2, 0.25) is 0 Å². The maximum atomic E-state index is 11.8. The molecule has 20 heavy (non-hydrogen) atoms. The van der Waals surface area contributed by atoms with Crippen molar-refractivity contribution in [3.05, 3.63) is 29.8 Å². The molecular weight excluding hydrogens is 258 g/mol. The first kappa shape index (κ1) is 16.0. The van der Waals surface area contributed by atoms with Crippen LogP contribution in [0.15, 0.2) is 24.3 Å². The molecule has 0 radical (unpaired) electrons. The summed E-state index contributed by atoms with van der Waals surface area (Å²) in [7, 11) is 0. The molecule has 0 bridgehead atoms. The minimum atomic E-state index is -1.06. The smallest absolute Gasteiger partial charge is 0.325 e. The maximum Gasteiger partial charge on any atom is 0.325 e. The molecule has 1 amide bonds. The summed E-state index contributed by atoms with van der Waals surface area (Å²) in [6, 6.07) is 5.74. The van der Waals surface area contributed by atoms with Gasteiger partial charge in [0.15, 0.2) is 0 Å². The monoisotopic (exact) mass is 279 g/mol. The highest BCUT2D eigenvalue weighted by atomic mass is 16.5. The Labute approximate surface area is 118 Å². The molecule has 2 N–H and O–H groups in total. The quantitative estimate of drug-likeness (QED) is 0.803. The Bertz CT molecular complexity index is 453. The molecule has 5 nitrogen and oxygen atoms in total. The van der Waals surface area contributed by atoms with E-state index in [2.05, 4.69) is 19.2 Å². The van der Waals surface area contributed by atoms with Gasteiger partial charge in [-0.25, -0.2) is 0 Å². The molecule has 1 aromatic rings. The summed E-state index contributed by atoms with van der Waals surface area (Å²) < 4.78 is 5.55. The zero-order valence-electron chi connectivity index (χ0n) is 12.1. The van der Waals surface area contributed by atoms with E-state index in [1.54, 1.807) is 24.3 Å². The molecule has 0 aromatic heterocycles.